The molecule has 1 fully saturated rings. The summed E-state index contributed by atoms with van der Waals surface area (Å²) in [4.78, 5) is 15.1. The summed E-state index contributed by atoms with van der Waals surface area (Å²) in [6.45, 7) is 7.49. The molecule has 152 valence electrons. The molecule has 2 aliphatic heterocycles. The van der Waals surface area contributed by atoms with Gasteiger partial charge in [0.1, 0.15) is 5.82 Å². The van der Waals surface area contributed by atoms with E-state index < -0.39 is 0 Å². The maximum absolute atomic E-state index is 13.2. The molecule has 5 heterocycles. The highest BCUT2D eigenvalue weighted by atomic mass is 16.5. The Labute approximate surface area is 169 Å². The molecule has 5 rings (SSSR count). The van der Waals surface area contributed by atoms with Crippen LogP contribution in [0.25, 0.3) is 5.65 Å². The van der Waals surface area contributed by atoms with Gasteiger partial charge >= 0.3 is 0 Å². The lowest BCUT2D eigenvalue weighted by Gasteiger charge is -2.31. The van der Waals surface area contributed by atoms with Gasteiger partial charge in [-0.05, 0) is 51.3 Å². The third-order valence-electron chi connectivity index (χ3n) is 6.18. The zero-order chi connectivity index (χ0) is 20.1. The monoisotopic (exact) mass is 394 g/mol. The second-order valence-corrected chi connectivity index (χ2v) is 8.31. The van der Waals surface area contributed by atoms with E-state index in [0.29, 0.717) is 24.7 Å². The Morgan fingerprint density at radius 3 is 2.83 bits per heavy atom. The molecule has 2 atom stereocenters. The Balaban J connectivity index is 1.31. The van der Waals surface area contributed by atoms with E-state index in [1.165, 1.54) is 5.56 Å². The smallest absolute Gasteiger partial charge is 0.274 e. The first-order chi connectivity index (χ1) is 14.0. The van der Waals surface area contributed by atoms with Gasteiger partial charge < -0.3 is 9.64 Å². The lowest BCUT2D eigenvalue weighted by Crippen LogP contribution is -2.39. The van der Waals surface area contributed by atoms with Crippen LogP contribution in [-0.2, 0) is 11.2 Å². The van der Waals surface area contributed by atoms with Crippen LogP contribution in [0.1, 0.15) is 71.8 Å². The molecule has 29 heavy (non-hydrogen) atoms. The van der Waals surface area contributed by atoms with Crippen molar-refractivity contribution in [2.24, 2.45) is 0 Å². The Morgan fingerprint density at radius 1 is 1.24 bits per heavy atom. The van der Waals surface area contributed by atoms with Gasteiger partial charge in [-0.3, -0.25) is 14.3 Å². The SMILES string of the molecule is Cc1ccn2c(C3CCN(C(=O)c4n[nH]c5c4C[C@@H](C)O[C@H]5C)CC3)nnc2c1. The van der Waals surface area contributed by atoms with Gasteiger partial charge in [0.15, 0.2) is 11.3 Å². The fraction of sp³-hybridized carbons (Fsp3) is 0.524. The number of hydrogen-bond donors (Lipinski definition) is 1. The summed E-state index contributed by atoms with van der Waals surface area (Å²) in [5.41, 5.74) is 4.57. The van der Waals surface area contributed by atoms with Crippen molar-refractivity contribution in [3.8, 4) is 0 Å². The van der Waals surface area contributed by atoms with Crippen LogP contribution in [0.4, 0.5) is 0 Å². The van der Waals surface area contributed by atoms with Crippen molar-refractivity contribution in [3.63, 3.8) is 0 Å². The third kappa shape index (κ3) is 3.11. The number of aromatic amines is 1. The minimum atomic E-state index is -0.0570. The largest absolute Gasteiger partial charge is 0.369 e. The molecule has 0 spiro atoms. The molecule has 3 aromatic rings. The van der Waals surface area contributed by atoms with E-state index in [4.69, 9.17) is 4.74 Å². The van der Waals surface area contributed by atoms with Gasteiger partial charge in [-0.25, -0.2) is 0 Å². The summed E-state index contributed by atoms with van der Waals surface area (Å²) < 4.78 is 7.91. The summed E-state index contributed by atoms with van der Waals surface area (Å²) in [5, 5.41) is 16.1. The number of hydrogen-bond acceptors (Lipinski definition) is 5. The van der Waals surface area contributed by atoms with Gasteiger partial charge in [0, 0.05) is 37.2 Å². The topological polar surface area (TPSA) is 88.4 Å². The minimum Gasteiger partial charge on any atom is -0.369 e. The number of rotatable bonds is 2. The van der Waals surface area contributed by atoms with Crippen LogP contribution in [0.2, 0.25) is 0 Å². The number of carbonyl (C=O) groups is 1. The van der Waals surface area contributed by atoms with Crippen molar-refractivity contribution in [1.29, 1.82) is 0 Å². The van der Waals surface area contributed by atoms with Crippen LogP contribution < -0.4 is 0 Å². The number of H-pyrrole nitrogens is 1. The van der Waals surface area contributed by atoms with Crippen molar-refractivity contribution in [1.82, 2.24) is 29.7 Å². The second kappa shape index (κ2) is 6.95. The first-order valence-corrected chi connectivity index (χ1v) is 10.3. The Bertz CT molecular complexity index is 1060. The van der Waals surface area contributed by atoms with Crippen LogP contribution in [0.15, 0.2) is 18.3 Å². The Morgan fingerprint density at radius 2 is 2.03 bits per heavy atom. The van der Waals surface area contributed by atoms with E-state index in [9.17, 15) is 4.79 Å². The normalized spacial score (nSPS) is 22.8. The highest BCUT2D eigenvalue weighted by Gasteiger charge is 2.33. The standard InChI is InChI=1S/C21H26N6O2/c1-12-4-9-27-17(10-12)22-25-20(27)15-5-7-26(8-6-15)21(28)19-16-11-13(2)29-14(3)18(16)23-24-19/h4,9-10,13-15H,5-8,11H2,1-3H3,(H,23,24)/t13-,14+/m1/s1. The van der Waals surface area contributed by atoms with E-state index in [1.807, 2.05) is 31.0 Å². The predicted molar refractivity (Wildman–Crippen MR) is 107 cm³/mol. The van der Waals surface area contributed by atoms with Crippen molar-refractivity contribution >= 4 is 11.6 Å². The maximum atomic E-state index is 13.2. The fourth-order valence-corrected chi connectivity index (χ4v) is 4.63. The summed E-state index contributed by atoms with van der Waals surface area (Å²) in [6.07, 6.45) is 4.55. The molecular weight excluding hydrogens is 368 g/mol. The number of likely N-dealkylation sites (tertiary alicyclic amines) is 1. The number of pyridine rings is 1. The lowest BCUT2D eigenvalue weighted by molar-refractivity contribution is -0.00703. The van der Waals surface area contributed by atoms with Crippen LogP contribution in [0.5, 0.6) is 0 Å². The molecule has 0 saturated carbocycles. The summed E-state index contributed by atoms with van der Waals surface area (Å²) in [5.74, 6) is 1.31. The molecule has 1 amide bonds. The number of carbonyl (C=O) groups excluding carboxylic acids is 1. The first kappa shape index (κ1) is 18.3. The molecule has 8 heteroatoms. The number of nitrogens with one attached hydrogen (secondary N) is 1. The number of piperidine rings is 1. The van der Waals surface area contributed by atoms with Gasteiger partial charge in [0.2, 0.25) is 0 Å². The van der Waals surface area contributed by atoms with Gasteiger partial charge in [-0.1, -0.05) is 0 Å². The van der Waals surface area contributed by atoms with Gasteiger partial charge in [-0.15, -0.1) is 10.2 Å². The van der Waals surface area contributed by atoms with Gasteiger partial charge in [-0.2, -0.15) is 5.10 Å². The van der Waals surface area contributed by atoms with Crippen molar-refractivity contribution in [2.45, 2.75) is 58.2 Å². The quantitative estimate of drug-likeness (QED) is 0.722. The second-order valence-electron chi connectivity index (χ2n) is 8.31. The zero-order valence-electron chi connectivity index (χ0n) is 17.1. The van der Waals surface area contributed by atoms with E-state index in [0.717, 1.165) is 42.0 Å². The lowest BCUT2D eigenvalue weighted by atomic mass is 9.94. The van der Waals surface area contributed by atoms with Crippen molar-refractivity contribution < 1.29 is 9.53 Å². The molecule has 1 N–H and O–H groups in total. The van der Waals surface area contributed by atoms with Gasteiger partial charge in [0.05, 0.1) is 17.9 Å². The van der Waals surface area contributed by atoms with Crippen LogP contribution in [-0.4, -0.2) is 54.8 Å². The average molecular weight is 394 g/mol. The molecule has 3 aromatic heterocycles. The van der Waals surface area contributed by atoms with Crippen LogP contribution in [0, 0.1) is 6.92 Å². The number of aryl methyl sites for hydroxylation is 1. The van der Waals surface area contributed by atoms with E-state index >= 15 is 0 Å². The van der Waals surface area contributed by atoms with Crippen molar-refractivity contribution in [2.75, 3.05) is 13.1 Å². The molecule has 0 bridgehead atoms. The molecule has 0 aromatic carbocycles. The summed E-state index contributed by atoms with van der Waals surface area (Å²) >= 11 is 0. The molecule has 8 nitrogen and oxygen atoms in total. The Hall–Kier alpha value is -2.74. The van der Waals surface area contributed by atoms with Crippen LogP contribution >= 0.6 is 0 Å². The minimum absolute atomic E-state index is 0.0176. The predicted octanol–water partition coefficient (Wildman–Crippen LogP) is 2.80. The number of fused-ring (bicyclic) bond motifs is 2. The number of nitrogens with zero attached hydrogens (tertiary/aromatic N) is 5. The molecule has 1 saturated heterocycles. The average Bonchev–Trinajstić information content (AvgIpc) is 3.31. The molecular formula is C21H26N6O2. The molecule has 0 radical (unpaired) electrons. The molecule has 2 aliphatic rings. The molecule has 0 unspecified atom stereocenters. The van der Waals surface area contributed by atoms with Crippen LogP contribution in [0.3, 0.4) is 0 Å². The van der Waals surface area contributed by atoms with Gasteiger partial charge in [0.25, 0.3) is 5.91 Å². The van der Waals surface area contributed by atoms with E-state index in [1.54, 1.807) is 0 Å². The van der Waals surface area contributed by atoms with E-state index in [2.05, 4.69) is 37.8 Å². The summed E-state index contributed by atoms with van der Waals surface area (Å²) in [6, 6.07) is 4.12. The van der Waals surface area contributed by atoms with Crippen molar-refractivity contribution in [3.05, 3.63) is 46.7 Å². The van der Waals surface area contributed by atoms with E-state index in [-0.39, 0.29) is 18.1 Å². The third-order valence-corrected chi connectivity index (χ3v) is 6.18. The number of amides is 1. The zero-order valence-corrected chi connectivity index (χ0v) is 17.1. The first-order valence-electron chi connectivity index (χ1n) is 10.3. The Kier molecular flexibility index (Phi) is 4.38. The highest BCUT2D eigenvalue weighted by Crippen LogP contribution is 2.32. The number of aromatic nitrogens is 5. The molecule has 0 aliphatic carbocycles. The fourth-order valence-electron chi connectivity index (χ4n) is 4.63. The highest BCUT2D eigenvalue weighted by molar-refractivity contribution is 5.94. The number of ether oxygens (including phenoxy) is 1. The maximum Gasteiger partial charge on any atom is 0.274 e. The summed E-state index contributed by atoms with van der Waals surface area (Å²) in [7, 11) is 0.